The van der Waals surface area contributed by atoms with Crippen molar-refractivity contribution in [3.05, 3.63) is 34.6 Å². The van der Waals surface area contributed by atoms with Crippen LogP contribution >= 0.6 is 11.6 Å². The second kappa shape index (κ2) is 7.79. The maximum Gasteiger partial charge on any atom is 0.253 e. The minimum absolute atomic E-state index is 0.0206. The normalized spacial score (nSPS) is 28.9. The molecule has 0 bridgehead atoms. The van der Waals surface area contributed by atoms with Gasteiger partial charge in [-0.25, -0.2) is 4.39 Å². The van der Waals surface area contributed by atoms with Crippen LogP contribution in [0.3, 0.4) is 0 Å². The molecule has 30 heavy (non-hydrogen) atoms. The standard InChI is InChI=1S/C23H29ClFN3O2/c24-19-6-5-16(11-20(19)25)22(30)28-9-7-23(8-10-28)18-14-27(12-15-3-1-2-4-15)13-17(18)21(29)26-23/h5-6,11,15,17-18H,1-4,7-10,12-14H2,(H,26,29)/t17-,18+/m1/s1. The van der Waals surface area contributed by atoms with Crippen molar-refractivity contribution >= 4 is 23.4 Å². The van der Waals surface area contributed by atoms with Gasteiger partial charge in [-0.2, -0.15) is 0 Å². The monoisotopic (exact) mass is 433 g/mol. The van der Waals surface area contributed by atoms with E-state index in [1.54, 1.807) is 11.0 Å². The van der Waals surface area contributed by atoms with Crippen LogP contribution in [0.15, 0.2) is 18.2 Å². The molecule has 5 nitrogen and oxygen atoms in total. The van der Waals surface area contributed by atoms with Crippen LogP contribution in [0.4, 0.5) is 4.39 Å². The molecule has 0 unspecified atom stereocenters. The summed E-state index contributed by atoms with van der Waals surface area (Å²) in [5.41, 5.74) is 0.124. The average molecular weight is 434 g/mol. The van der Waals surface area contributed by atoms with E-state index in [1.807, 2.05) is 0 Å². The molecule has 0 aromatic heterocycles. The fourth-order valence-electron chi connectivity index (χ4n) is 6.27. The van der Waals surface area contributed by atoms with Gasteiger partial charge in [0.05, 0.1) is 10.9 Å². The van der Waals surface area contributed by atoms with Gasteiger partial charge in [-0.3, -0.25) is 9.59 Å². The lowest BCUT2D eigenvalue weighted by Gasteiger charge is -2.43. The average Bonchev–Trinajstić information content (AvgIpc) is 3.45. The highest BCUT2D eigenvalue weighted by atomic mass is 35.5. The molecule has 4 aliphatic rings. The van der Waals surface area contributed by atoms with Gasteiger partial charge in [0.15, 0.2) is 0 Å². The van der Waals surface area contributed by atoms with Crippen molar-refractivity contribution in [1.82, 2.24) is 15.1 Å². The van der Waals surface area contributed by atoms with Crippen molar-refractivity contribution in [2.45, 2.75) is 44.1 Å². The van der Waals surface area contributed by atoms with Gasteiger partial charge >= 0.3 is 0 Å². The molecular weight excluding hydrogens is 405 g/mol. The summed E-state index contributed by atoms with van der Waals surface area (Å²) in [7, 11) is 0. The topological polar surface area (TPSA) is 52.7 Å². The van der Waals surface area contributed by atoms with Crippen molar-refractivity contribution in [2.24, 2.45) is 17.8 Å². The third kappa shape index (κ3) is 3.52. The number of carbonyl (C=O) groups excluding carboxylic acids is 2. The quantitative estimate of drug-likeness (QED) is 0.795. The Balaban J connectivity index is 1.24. The fourth-order valence-corrected chi connectivity index (χ4v) is 6.38. The number of hydrogen-bond donors (Lipinski definition) is 1. The lowest BCUT2D eigenvalue weighted by molar-refractivity contribution is -0.123. The Hall–Kier alpha value is -1.66. The maximum absolute atomic E-state index is 13.8. The van der Waals surface area contributed by atoms with Crippen LogP contribution in [-0.4, -0.2) is 59.9 Å². The Morgan fingerprint density at radius 2 is 1.93 bits per heavy atom. The van der Waals surface area contributed by atoms with Crippen LogP contribution in [0, 0.1) is 23.6 Å². The molecule has 7 heteroatoms. The van der Waals surface area contributed by atoms with Gasteiger partial charge in [0.2, 0.25) is 5.91 Å². The summed E-state index contributed by atoms with van der Waals surface area (Å²) >= 11 is 5.74. The molecule has 162 valence electrons. The highest BCUT2D eigenvalue weighted by Gasteiger charge is 2.57. The number of piperidine rings is 1. The summed E-state index contributed by atoms with van der Waals surface area (Å²) in [6.07, 6.45) is 6.86. The molecule has 1 spiro atoms. The van der Waals surface area contributed by atoms with Crippen molar-refractivity contribution in [1.29, 1.82) is 0 Å². The number of nitrogens with zero attached hydrogens (tertiary/aromatic N) is 2. The summed E-state index contributed by atoms with van der Waals surface area (Å²) in [6.45, 7) is 4.14. The van der Waals surface area contributed by atoms with Gasteiger partial charge in [0, 0.05) is 49.7 Å². The van der Waals surface area contributed by atoms with E-state index >= 15 is 0 Å². The Bertz CT molecular complexity index is 849. The number of benzene rings is 1. The summed E-state index contributed by atoms with van der Waals surface area (Å²) < 4.78 is 13.8. The van der Waals surface area contributed by atoms with Crippen molar-refractivity contribution in [2.75, 3.05) is 32.7 Å². The second-order valence-electron chi connectivity index (χ2n) is 9.65. The van der Waals surface area contributed by atoms with E-state index < -0.39 is 5.82 Å². The molecule has 1 saturated carbocycles. The molecule has 1 aromatic rings. The smallest absolute Gasteiger partial charge is 0.253 e. The van der Waals surface area contributed by atoms with Gasteiger partial charge in [-0.1, -0.05) is 24.4 Å². The first kappa shape index (κ1) is 20.3. The van der Waals surface area contributed by atoms with Crippen molar-refractivity contribution in [3.8, 4) is 0 Å². The highest BCUT2D eigenvalue weighted by molar-refractivity contribution is 6.30. The molecular formula is C23H29ClFN3O2. The summed E-state index contributed by atoms with van der Waals surface area (Å²) in [4.78, 5) is 29.9. The van der Waals surface area contributed by atoms with E-state index in [0.717, 1.165) is 38.4 Å². The Labute approximate surface area is 181 Å². The molecule has 4 fully saturated rings. The number of carbonyl (C=O) groups is 2. The third-order valence-electron chi connectivity index (χ3n) is 7.91. The maximum atomic E-state index is 13.8. The number of nitrogens with one attached hydrogen (secondary N) is 1. The van der Waals surface area contributed by atoms with Crippen LogP contribution in [0.5, 0.6) is 0 Å². The first-order valence-electron chi connectivity index (χ1n) is 11.2. The number of amides is 2. The molecule has 2 amide bonds. The van der Waals surface area contributed by atoms with Gasteiger partial charge in [-0.05, 0) is 49.8 Å². The van der Waals surface area contributed by atoms with E-state index in [-0.39, 0.29) is 28.3 Å². The van der Waals surface area contributed by atoms with E-state index in [4.69, 9.17) is 11.6 Å². The van der Waals surface area contributed by atoms with Crippen LogP contribution in [0.25, 0.3) is 0 Å². The van der Waals surface area contributed by atoms with Gasteiger partial charge in [-0.15, -0.1) is 0 Å². The van der Waals surface area contributed by atoms with Crippen LogP contribution < -0.4 is 5.32 Å². The first-order valence-corrected chi connectivity index (χ1v) is 11.6. The predicted octanol–water partition coefficient (Wildman–Crippen LogP) is 3.32. The van der Waals surface area contributed by atoms with Gasteiger partial charge in [0.1, 0.15) is 5.82 Å². The lowest BCUT2D eigenvalue weighted by atomic mass is 9.75. The molecule has 1 aromatic carbocycles. The van der Waals surface area contributed by atoms with E-state index in [9.17, 15) is 14.0 Å². The fraction of sp³-hybridized carbons (Fsp3) is 0.652. The molecule has 3 heterocycles. The number of fused-ring (bicyclic) bond motifs is 2. The molecule has 3 aliphatic heterocycles. The van der Waals surface area contributed by atoms with Crippen LogP contribution in [0.1, 0.15) is 48.9 Å². The SMILES string of the molecule is O=C1NC2(CCN(C(=O)c3ccc(Cl)c(F)c3)CC2)[C@H]2CN(CC3CCCC3)C[C@@H]12. The first-order chi connectivity index (χ1) is 14.4. The molecule has 3 saturated heterocycles. The number of halogens is 2. The molecule has 5 rings (SSSR count). The van der Waals surface area contributed by atoms with Crippen LogP contribution in [-0.2, 0) is 4.79 Å². The second-order valence-corrected chi connectivity index (χ2v) is 10.1. The largest absolute Gasteiger partial charge is 0.350 e. The predicted molar refractivity (Wildman–Crippen MR) is 113 cm³/mol. The zero-order valence-electron chi connectivity index (χ0n) is 17.2. The summed E-state index contributed by atoms with van der Waals surface area (Å²) in [5, 5.41) is 3.34. The third-order valence-corrected chi connectivity index (χ3v) is 8.22. The Kier molecular flexibility index (Phi) is 5.26. The Morgan fingerprint density at radius 1 is 1.20 bits per heavy atom. The Morgan fingerprint density at radius 3 is 2.63 bits per heavy atom. The lowest BCUT2D eigenvalue weighted by Crippen LogP contribution is -2.56. The van der Waals surface area contributed by atoms with E-state index in [2.05, 4.69) is 10.2 Å². The molecule has 1 N–H and O–H groups in total. The van der Waals surface area contributed by atoms with Crippen LogP contribution in [0.2, 0.25) is 5.02 Å². The van der Waals surface area contributed by atoms with E-state index in [0.29, 0.717) is 24.6 Å². The minimum Gasteiger partial charge on any atom is -0.350 e. The van der Waals surface area contributed by atoms with E-state index in [1.165, 1.54) is 37.8 Å². The summed E-state index contributed by atoms with van der Waals surface area (Å²) in [5.74, 6) is 0.650. The highest BCUT2D eigenvalue weighted by Crippen LogP contribution is 2.44. The van der Waals surface area contributed by atoms with Gasteiger partial charge < -0.3 is 15.1 Å². The number of likely N-dealkylation sites (tertiary alicyclic amines) is 2. The van der Waals surface area contributed by atoms with Gasteiger partial charge in [0.25, 0.3) is 5.91 Å². The van der Waals surface area contributed by atoms with Crippen molar-refractivity contribution < 1.29 is 14.0 Å². The number of hydrogen-bond acceptors (Lipinski definition) is 3. The number of rotatable bonds is 3. The zero-order valence-corrected chi connectivity index (χ0v) is 18.0. The zero-order chi connectivity index (χ0) is 20.9. The van der Waals surface area contributed by atoms with Crippen molar-refractivity contribution in [3.63, 3.8) is 0 Å². The molecule has 1 aliphatic carbocycles. The summed E-state index contributed by atoms with van der Waals surface area (Å²) in [6, 6.07) is 4.21. The minimum atomic E-state index is -0.574. The molecule has 0 radical (unpaired) electrons. The molecule has 2 atom stereocenters.